The van der Waals surface area contributed by atoms with Gasteiger partial charge < -0.3 is 9.47 Å². The van der Waals surface area contributed by atoms with Crippen molar-refractivity contribution < 1.29 is 9.47 Å². The first-order chi connectivity index (χ1) is 14.7. The third-order valence-electron chi connectivity index (χ3n) is 5.56. The zero-order chi connectivity index (χ0) is 20.8. The highest BCUT2D eigenvalue weighted by Crippen LogP contribution is 2.33. The average Bonchev–Trinajstić information content (AvgIpc) is 3.25. The molecule has 0 saturated carbocycles. The monoisotopic (exact) mass is 401 g/mol. The first kappa shape index (κ1) is 20.2. The molecule has 1 fully saturated rings. The maximum Gasteiger partial charge on any atom is 0.219 e. The van der Waals surface area contributed by atoms with Crippen molar-refractivity contribution in [2.75, 3.05) is 19.7 Å². The molecule has 5 nitrogen and oxygen atoms in total. The second-order valence-electron chi connectivity index (χ2n) is 7.72. The SMILES string of the molecule is CCOc1cc(CN2CCC(C3=CCCC=C3)C2)ccc1Oc1ccc(C#N)cn1. The Hall–Kier alpha value is -3.10. The number of hydrogen-bond donors (Lipinski definition) is 0. The number of pyridine rings is 1. The van der Waals surface area contributed by atoms with E-state index in [1.807, 2.05) is 13.0 Å². The molecular weight excluding hydrogens is 374 g/mol. The maximum atomic E-state index is 8.91. The Kier molecular flexibility index (Phi) is 6.46. The molecular formula is C25H27N3O2. The molecule has 4 rings (SSSR count). The van der Waals surface area contributed by atoms with Gasteiger partial charge in [0.05, 0.1) is 12.2 Å². The van der Waals surface area contributed by atoms with Gasteiger partial charge in [-0.15, -0.1) is 0 Å². The molecule has 1 aliphatic carbocycles. The molecule has 1 saturated heterocycles. The Morgan fingerprint density at radius 1 is 1.20 bits per heavy atom. The summed E-state index contributed by atoms with van der Waals surface area (Å²) in [5.41, 5.74) is 3.23. The van der Waals surface area contributed by atoms with Gasteiger partial charge >= 0.3 is 0 Å². The Morgan fingerprint density at radius 2 is 2.13 bits per heavy atom. The van der Waals surface area contributed by atoms with E-state index in [0.717, 1.165) is 25.4 Å². The zero-order valence-corrected chi connectivity index (χ0v) is 17.4. The van der Waals surface area contributed by atoms with Crippen molar-refractivity contribution in [2.45, 2.75) is 32.7 Å². The van der Waals surface area contributed by atoms with E-state index in [9.17, 15) is 0 Å². The second kappa shape index (κ2) is 9.60. The number of hydrogen-bond acceptors (Lipinski definition) is 5. The first-order valence-corrected chi connectivity index (χ1v) is 10.6. The molecule has 1 aliphatic heterocycles. The molecule has 1 unspecified atom stereocenters. The number of ether oxygens (including phenoxy) is 2. The number of nitrogens with zero attached hydrogens (tertiary/aromatic N) is 3. The highest BCUT2D eigenvalue weighted by Gasteiger charge is 2.25. The van der Waals surface area contributed by atoms with Crippen molar-refractivity contribution in [3.63, 3.8) is 0 Å². The highest BCUT2D eigenvalue weighted by molar-refractivity contribution is 5.45. The summed E-state index contributed by atoms with van der Waals surface area (Å²) in [6, 6.07) is 11.6. The first-order valence-electron chi connectivity index (χ1n) is 10.6. The van der Waals surface area contributed by atoms with Crippen LogP contribution in [0.3, 0.4) is 0 Å². The van der Waals surface area contributed by atoms with E-state index in [-0.39, 0.29) is 0 Å². The number of allylic oxidation sites excluding steroid dienone is 3. The third-order valence-corrected chi connectivity index (χ3v) is 5.56. The van der Waals surface area contributed by atoms with Crippen LogP contribution in [0.15, 0.2) is 60.3 Å². The van der Waals surface area contributed by atoms with Crippen LogP contribution >= 0.6 is 0 Å². The molecule has 2 aromatic rings. The van der Waals surface area contributed by atoms with Gasteiger partial charge in [0.1, 0.15) is 6.07 Å². The molecule has 0 bridgehead atoms. The van der Waals surface area contributed by atoms with Crippen molar-refractivity contribution in [2.24, 2.45) is 5.92 Å². The molecule has 1 aromatic heterocycles. The molecule has 0 radical (unpaired) electrons. The van der Waals surface area contributed by atoms with Crippen LogP contribution in [0.4, 0.5) is 0 Å². The van der Waals surface area contributed by atoms with E-state index in [4.69, 9.17) is 14.7 Å². The molecule has 0 N–H and O–H groups in total. The minimum Gasteiger partial charge on any atom is -0.490 e. The Labute approximate surface area is 178 Å². The number of rotatable bonds is 7. The minimum atomic E-state index is 0.443. The smallest absolute Gasteiger partial charge is 0.219 e. The maximum absolute atomic E-state index is 8.91. The van der Waals surface area contributed by atoms with Gasteiger partial charge in [0.25, 0.3) is 0 Å². The molecule has 0 amide bonds. The van der Waals surface area contributed by atoms with Gasteiger partial charge in [0, 0.05) is 25.4 Å². The van der Waals surface area contributed by atoms with Crippen LogP contribution in [0.2, 0.25) is 0 Å². The van der Waals surface area contributed by atoms with Crippen LogP contribution in [-0.4, -0.2) is 29.6 Å². The van der Waals surface area contributed by atoms with E-state index in [2.05, 4.69) is 46.3 Å². The lowest BCUT2D eigenvalue weighted by Crippen LogP contribution is -2.20. The number of aromatic nitrogens is 1. The summed E-state index contributed by atoms with van der Waals surface area (Å²) in [5.74, 6) is 2.45. The van der Waals surface area contributed by atoms with Crippen LogP contribution in [0.1, 0.15) is 37.3 Å². The summed E-state index contributed by atoms with van der Waals surface area (Å²) in [7, 11) is 0. The molecule has 30 heavy (non-hydrogen) atoms. The summed E-state index contributed by atoms with van der Waals surface area (Å²) in [4.78, 5) is 6.70. The highest BCUT2D eigenvalue weighted by atomic mass is 16.5. The van der Waals surface area contributed by atoms with Crippen molar-refractivity contribution in [1.82, 2.24) is 9.88 Å². The predicted molar refractivity (Wildman–Crippen MR) is 116 cm³/mol. The number of nitriles is 1. The summed E-state index contributed by atoms with van der Waals surface area (Å²) in [5, 5.41) is 8.91. The minimum absolute atomic E-state index is 0.443. The number of benzene rings is 1. The number of likely N-dealkylation sites (tertiary alicyclic amines) is 1. The Morgan fingerprint density at radius 3 is 2.87 bits per heavy atom. The Bertz CT molecular complexity index is 973. The quantitative estimate of drug-likeness (QED) is 0.635. The summed E-state index contributed by atoms with van der Waals surface area (Å²) in [6.45, 7) is 5.66. The van der Waals surface area contributed by atoms with Gasteiger partial charge in [0.15, 0.2) is 11.5 Å². The Balaban J connectivity index is 1.43. The lowest BCUT2D eigenvalue weighted by molar-refractivity contribution is 0.311. The zero-order valence-electron chi connectivity index (χ0n) is 17.4. The van der Waals surface area contributed by atoms with E-state index < -0.39 is 0 Å². The van der Waals surface area contributed by atoms with Crippen molar-refractivity contribution in [1.29, 1.82) is 5.26 Å². The van der Waals surface area contributed by atoms with Crippen molar-refractivity contribution in [3.05, 3.63) is 71.5 Å². The summed E-state index contributed by atoms with van der Waals surface area (Å²) in [6.07, 6.45) is 12.1. The fourth-order valence-electron chi connectivity index (χ4n) is 4.07. The second-order valence-corrected chi connectivity index (χ2v) is 7.72. The lowest BCUT2D eigenvalue weighted by Gasteiger charge is -2.19. The van der Waals surface area contributed by atoms with E-state index in [1.54, 1.807) is 12.1 Å². The third kappa shape index (κ3) is 4.90. The van der Waals surface area contributed by atoms with Crippen LogP contribution in [-0.2, 0) is 6.54 Å². The van der Waals surface area contributed by atoms with Gasteiger partial charge in [-0.2, -0.15) is 5.26 Å². The van der Waals surface area contributed by atoms with Gasteiger partial charge in [-0.3, -0.25) is 4.90 Å². The lowest BCUT2D eigenvalue weighted by atomic mass is 9.93. The molecule has 2 heterocycles. The molecule has 2 aliphatic rings. The molecule has 1 aromatic carbocycles. The van der Waals surface area contributed by atoms with Crippen LogP contribution in [0.5, 0.6) is 17.4 Å². The topological polar surface area (TPSA) is 58.4 Å². The fraction of sp³-hybridized carbons (Fsp3) is 0.360. The normalized spacial score (nSPS) is 18.7. The molecule has 1 atom stereocenters. The van der Waals surface area contributed by atoms with E-state index in [0.29, 0.717) is 29.7 Å². The predicted octanol–water partition coefficient (Wildman–Crippen LogP) is 5.24. The van der Waals surface area contributed by atoms with E-state index in [1.165, 1.54) is 36.6 Å². The molecule has 0 spiro atoms. The van der Waals surface area contributed by atoms with Gasteiger partial charge in [-0.05, 0) is 68.0 Å². The standard InChI is InChI=1S/C25H27N3O2/c1-2-29-24-14-19(8-10-23(24)30-25-11-9-20(15-26)16-27-25)17-28-13-12-22(18-28)21-6-4-3-5-7-21/h4,6-11,14,16,22H,2-3,5,12-13,17-18H2,1H3. The van der Waals surface area contributed by atoms with Crippen LogP contribution in [0, 0.1) is 17.2 Å². The molecule has 5 heteroatoms. The van der Waals surface area contributed by atoms with Crippen LogP contribution in [0.25, 0.3) is 0 Å². The average molecular weight is 402 g/mol. The van der Waals surface area contributed by atoms with E-state index >= 15 is 0 Å². The molecule has 154 valence electrons. The van der Waals surface area contributed by atoms with Crippen molar-refractivity contribution in [3.8, 4) is 23.4 Å². The van der Waals surface area contributed by atoms with Crippen molar-refractivity contribution >= 4 is 0 Å². The summed E-state index contributed by atoms with van der Waals surface area (Å²) < 4.78 is 11.7. The van der Waals surface area contributed by atoms with Gasteiger partial charge in [-0.1, -0.05) is 24.3 Å². The van der Waals surface area contributed by atoms with Gasteiger partial charge in [0.2, 0.25) is 5.88 Å². The summed E-state index contributed by atoms with van der Waals surface area (Å²) >= 11 is 0. The van der Waals surface area contributed by atoms with Crippen LogP contribution < -0.4 is 9.47 Å². The van der Waals surface area contributed by atoms with Gasteiger partial charge in [-0.25, -0.2) is 4.98 Å². The largest absolute Gasteiger partial charge is 0.490 e. The fourth-order valence-corrected chi connectivity index (χ4v) is 4.07.